The number of aromatic nitrogens is 2. The molecule has 148 valence electrons. The minimum absolute atomic E-state index is 0.178. The van der Waals surface area contributed by atoms with Gasteiger partial charge < -0.3 is 9.77 Å². The summed E-state index contributed by atoms with van der Waals surface area (Å²) in [4.78, 5) is 13.8. The predicted octanol–water partition coefficient (Wildman–Crippen LogP) is 4.78. The van der Waals surface area contributed by atoms with Crippen LogP contribution in [0.1, 0.15) is 17.5 Å². The van der Waals surface area contributed by atoms with Crippen LogP contribution in [-0.4, -0.2) is 25.1 Å². The standard InChI is InChI=1S/C20H21FN2S.HNO3/c1-16-4-2-3-5-20(16)24-19(14-23-13-12-22-15-23)11-8-17-6-9-18(21)10-7-17;2-1(3)4/h2-7,9-10,12-13,15,19H,8,11,14H2,1H3;(H,2,3,4). The molecule has 1 unspecified atom stereocenters. The van der Waals surface area contributed by atoms with Gasteiger partial charge >= 0.3 is 0 Å². The first-order valence-electron chi connectivity index (χ1n) is 8.70. The fourth-order valence-corrected chi connectivity index (χ4v) is 3.92. The summed E-state index contributed by atoms with van der Waals surface area (Å²) in [5.41, 5.74) is 2.48. The third-order valence-corrected chi connectivity index (χ3v) is 5.46. The van der Waals surface area contributed by atoms with Gasteiger partial charge in [0.05, 0.1) is 6.33 Å². The molecule has 0 saturated heterocycles. The highest BCUT2D eigenvalue weighted by Gasteiger charge is 2.13. The van der Waals surface area contributed by atoms with Crippen molar-refractivity contribution in [1.82, 2.24) is 9.55 Å². The molecule has 0 spiro atoms. The van der Waals surface area contributed by atoms with Crippen LogP contribution < -0.4 is 0 Å². The Balaban J connectivity index is 0.000000640. The van der Waals surface area contributed by atoms with E-state index in [4.69, 9.17) is 15.3 Å². The van der Waals surface area contributed by atoms with E-state index in [0.29, 0.717) is 5.25 Å². The number of benzene rings is 2. The van der Waals surface area contributed by atoms with E-state index in [1.54, 1.807) is 0 Å². The summed E-state index contributed by atoms with van der Waals surface area (Å²) >= 11 is 1.91. The van der Waals surface area contributed by atoms with Crippen LogP contribution in [0.4, 0.5) is 4.39 Å². The maximum Gasteiger partial charge on any atom is 0.291 e. The second-order valence-electron chi connectivity index (χ2n) is 6.17. The van der Waals surface area contributed by atoms with Crippen molar-refractivity contribution in [1.29, 1.82) is 0 Å². The van der Waals surface area contributed by atoms with Crippen molar-refractivity contribution < 1.29 is 14.7 Å². The van der Waals surface area contributed by atoms with Crippen molar-refractivity contribution in [3.05, 3.63) is 94.3 Å². The number of hydrogen-bond acceptors (Lipinski definition) is 4. The molecule has 28 heavy (non-hydrogen) atoms. The summed E-state index contributed by atoms with van der Waals surface area (Å²) in [5, 5.41) is 14.1. The first-order chi connectivity index (χ1) is 13.4. The Bertz CT molecular complexity index is 853. The molecule has 0 radical (unpaired) electrons. The van der Waals surface area contributed by atoms with Crippen molar-refractivity contribution in [3.8, 4) is 0 Å². The van der Waals surface area contributed by atoms with Crippen LogP contribution in [0.2, 0.25) is 0 Å². The van der Waals surface area contributed by atoms with Gasteiger partial charge in [-0.05, 0) is 49.1 Å². The van der Waals surface area contributed by atoms with E-state index < -0.39 is 5.09 Å². The van der Waals surface area contributed by atoms with Crippen LogP contribution in [0, 0.1) is 22.9 Å². The van der Waals surface area contributed by atoms with Gasteiger partial charge in [-0.15, -0.1) is 21.9 Å². The minimum atomic E-state index is -1.50. The summed E-state index contributed by atoms with van der Waals surface area (Å²) in [6.07, 6.45) is 7.66. The highest BCUT2D eigenvalue weighted by atomic mass is 32.2. The first kappa shape index (κ1) is 21.4. The molecule has 1 atom stereocenters. The zero-order valence-electron chi connectivity index (χ0n) is 15.4. The largest absolute Gasteiger partial charge is 0.336 e. The van der Waals surface area contributed by atoms with E-state index in [0.717, 1.165) is 19.4 Å². The quantitative estimate of drug-likeness (QED) is 0.349. The Labute approximate surface area is 167 Å². The average Bonchev–Trinajstić information content (AvgIpc) is 3.15. The van der Waals surface area contributed by atoms with Gasteiger partial charge in [-0.1, -0.05) is 30.3 Å². The monoisotopic (exact) mass is 403 g/mol. The molecule has 1 heterocycles. The normalized spacial score (nSPS) is 11.4. The fraction of sp³-hybridized carbons (Fsp3) is 0.250. The highest BCUT2D eigenvalue weighted by molar-refractivity contribution is 8.00. The molecule has 1 aromatic heterocycles. The van der Waals surface area contributed by atoms with E-state index in [2.05, 4.69) is 40.7 Å². The number of rotatable bonds is 7. The van der Waals surface area contributed by atoms with Crippen molar-refractivity contribution in [2.45, 2.75) is 36.5 Å². The SMILES string of the molecule is Cc1ccccc1SC(CCc1ccc(F)cc1)Cn1ccnc1.O=[N+]([O-])O. The Morgan fingerprint density at radius 3 is 2.54 bits per heavy atom. The van der Waals surface area contributed by atoms with E-state index >= 15 is 0 Å². The number of nitrogens with zero attached hydrogens (tertiary/aromatic N) is 3. The fourth-order valence-electron chi connectivity index (χ4n) is 2.66. The van der Waals surface area contributed by atoms with Crippen molar-refractivity contribution in [3.63, 3.8) is 0 Å². The highest BCUT2D eigenvalue weighted by Crippen LogP contribution is 2.30. The van der Waals surface area contributed by atoms with Crippen molar-refractivity contribution in [2.75, 3.05) is 0 Å². The number of aryl methyl sites for hydroxylation is 2. The third kappa shape index (κ3) is 7.79. The molecule has 0 amide bonds. The van der Waals surface area contributed by atoms with Crippen LogP contribution in [-0.2, 0) is 13.0 Å². The molecule has 3 aromatic rings. The third-order valence-electron chi connectivity index (χ3n) is 4.03. The molecule has 8 heteroatoms. The van der Waals surface area contributed by atoms with Gasteiger partial charge in [0.1, 0.15) is 5.82 Å². The first-order valence-corrected chi connectivity index (χ1v) is 9.57. The van der Waals surface area contributed by atoms with Gasteiger partial charge in [-0.25, -0.2) is 9.37 Å². The van der Waals surface area contributed by atoms with E-state index in [1.807, 2.05) is 42.6 Å². The average molecular weight is 403 g/mol. The molecular formula is C20H22FN3O3S. The lowest BCUT2D eigenvalue weighted by molar-refractivity contribution is -0.742. The van der Waals surface area contributed by atoms with Crippen LogP contribution in [0.15, 0.2) is 72.1 Å². The van der Waals surface area contributed by atoms with Crippen molar-refractivity contribution >= 4 is 11.8 Å². The zero-order chi connectivity index (χ0) is 20.4. The molecule has 0 aliphatic heterocycles. The Kier molecular flexibility index (Phi) is 8.48. The zero-order valence-corrected chi connectivity index (χ0v) is 16.3. The van der Waals surface area contributed by atoms with Gasteiger partial charge in [0.2, 0.25) is 0 Å². The minimum Gasteiger partial charge on any atom is -0.336 e. The van der Waals surface area contributed by atoms with Crippen LogP contribution in [0.3, 0.4) is 0 Å². The summed E-state index contributed by atoms with van der Waals surface area (Å²) < 4.78 is 15.2. The van der Waals surface area contributed by atoms with E-state index in [1.165, 1.54) is 28.2 Å². The Hall–Kier alpha value is -2.87. The van der Waals surface area contributed by atoms with Crippen molar-refractivity contribution in [2.24, 2.45) is 0 Å². The summed E-state index contributed by atoms with van der Waals surface area (Å²) in [6.45, 7) is 3.07. The summed E-state index contributed by atoms with van der Waals surface area (Å²) in [6, 6.07) is 15.3. The van der Waals surface area contributed by atoms with E-state index in [-0.39, 0.29) is 5.82 Å². The Morgan fingerprint density at radius 2 is 1.93 bits per heavy atom. The summed E-state index contributed by atoms with van der Waals surface area (Å²) in [5.74, 6) is -0.178. The van der Waals surface area contributed by atoms with Gasteiger partial charge in [0.15, 0.2) is 0 Å². The van der Waals surface area contributed by atoms with Crippen LogP contribution >= 0.6 is 11.8 Å². The second kappa shape index (κ2) is 11.1. The maximum atomic E-state index is 13.1. The lowest BCUT2D eigenvalue weighted by Gasteiger charge is -2.18. The molecule has 1 N–H and O–H groups in total. The summed E-state index contributed by atoms with van der Waals surface area (Å²) in [7, 11) is 0. The molecule has 0 bridgehead atoms. The van der Waals surface area contributed by atoms with Crippen LogP contribution in [0.25, 0.3) is 0 Å². The van der Waals surface area contributed by atoms with Gasteiger partial charge in [-0.2, -0.15) is 0 Å². The van der Waals surface area contributed by atoms with Crippen LogP contribution in [0.5, 0.6) is 0 Å². The van der Waals surface area contributed by atoms with E-state index in [9.17, 15) is 4.39 Å². The second-order valence-corrected chi connectivity index (χ2v) is 7.51. The molecule has 2 aromatic carbocycles. The number of hydrogen-bond donors (Lipinski definition) is 1. The molecule has 3 rings (SSSR count). The number of imidazole rings is 1. The molecule has 0 fully saturated rings. The topological polar surface area (TPSA) is 81.2 Å². The van der Waals surface area contributed by atoms with Gasteiger partial charge in [0, 0.05) is 29.1 Å². The molecular weight excluding hydrogens is 381 g/mol. The smallest absolute Gasteiger partial charge is 0.291 e. The molecule has 0 aliphatic rings. The van der Waals surface area contributed by atoms with Gasteiger partial charge in [-0.3, -0.25) is 0 Å². The number of thioether (sulfide) groups is 1. The predicted molar refractivity (Wildman–Crippen MR) is 107 cm³/mol. The Morgan fingerprint density at radius 1 is 1.25 bits per heavy atom. The molecule has 0 saturated carbocycles. The van der Waals surface area contributed by atoms with Gasteiger partial charge in [0.25, 0.3) is 5.09 Å². The lowest BCUT2D eigenvalue weighted by atomic mass is 10.1. The molecule has 6 nitrogen and oxygen atoms in total. The molecule has 0 aliphatic carbocycles. The lowest BCUT2D eigenvalue weighted by Crippen LogP contribution is -2.13. The maximum absolute atomic E-state index is 13.1. The number of halogens is 1.